The first kappa shape index (κ1) is 21.5. The molecule has 0 fully saturated rings. The Labute approximate surface area is 196 Å². The predicted octanol–water partition coefficient (Wildman–Crippen LogP) is 6.43. The van der Waals surface area contributed by atoms with Crippen molar-refractivity contribution >= 4 is 5.69 Å². The highest BCUT2D eigenvalue weighted by Gasteiger charge is 2.22. The van der Waals surface area contributed by atoms with Crippen LogP contribution < -0.4 is 14.2 Å². The molecule has 0 saturated carbocycles. The lowest BCUT2D eigenvalue weighted by atomic mass is 9.97. The lowest BCUT2D eigenvalue weighted by Gasteiger charge is -2.27. The van der Waals surface area contributed by atoms with Crippen LogP contribution in [0.5, 0.6) is 23.1 Å². The number of aryl methyl sites for hydroxylation is 1. The molecule has 34 heavy (non-hydrogen) atoms. The average Bonchev–Trinajstić information content (AvgIpc) is 2.88. The monoisotopic (exact) mass is 454 g/mol. The maximum absolute atomic E-state index is 10.8. The highest BCUT2D eigenvalue weighted by atomic mass is 16.6. The molecule has 2 heterocycles. The summed E-state index contributed by atoms with van der Waals surface area (Å²) < 4.78 is 18.0. The van der Waals surface area contributed by atoms with Crippen molar-refractivity contribution in [2.24, 2.45) is 0 Å². The summed E-state index contributed by atoms with van der Waals surface area (Å²) in [5.74, 6) is 2.54. The fourth-order valence-corrected chi connectivity index (χ4v) is 3.87. The van der Waals surface area contributed by atoms with Gasteiger partial charge in [0.1, 0.15) is 36.2 Å². The molecule has 1 aliphatic rings. The quantitative estimate of drug-likeness (QED) is 0.236. The van der Waals surface area contributed by atoms with Crippen LogP contribution in [0.2, 0.25) is 0 Å². The molecule has 170 valence electrons. The third-order valence-corrected chi connectivity index (χ3v) is 5.61. The van der Waals surface area contributed by atoms with Gasteiger partial charge in [-0.3, -0.25) is 10.1 Å². The summed E-state index contributed by atoms with van der Waals surface area (Å²) in [5.41, 5.74) is 3.17. The molecule has 0 radical (unpaired) electrons. The van der Waals surface area contributed by atoms with Gasteiger partial charge in [0, 0.05) is 12.1 Å². The molecule has 5 rings (SSSR count). The summed E-state index contributed by atoms with van der Waals surface area (Å²) in [7, 11) is 0. The number of ether oxygens (including phenoxy) is 3. The second-order valence-corrected chi connectivity index (χ2v) is 7.98. The van der Waals surface area contributed by atoms with Gasteiger partial charge in [0.25, 0.3) is 5.69 Å². The molecule has 1 aromatic heterocycles. The van der Waals surface area contributed by atoms with Gasteiger partial charge >= 0.3 is 0 Å². The zero-order chi connectivity index (χ0) is 23.3. The van der Waals surface area contributed by atoms with E-state index in [1.807, 2.05) is 66.7 Å². The van der Waals surface area contributed by atoms with Crippen LogP contribution in [0, 0.1) is 10.1 Å². The molecule has 0 N–H and O–H groups in total. The Morgan fingerprint density at radius 1 is 0.971 bits per heavy atom. The molecule has 0 aliphatic carbocycles. The first-order valence-electron chi connectivity index (χ1n) is 11.0. The van der Waals surface area contributed by atoms with E-state index >= 15 is 0 Å². The first-order chi connectivity index (χ1) is 16.6. The smallest absolute Gasteiger partial charge is 0.287 e. The number of rotatable bonds is 7. The number of nitro groups is 1. The summed E-state index contributed by atoms with van der Waals surface area (Å²) >= 11 is 0. The average molecular weight is 454 g/mol. The molecule has 0 saturated heterocycles. The van der Waals surface area contributed by atoms with E-state index in [0.29, 0.717) is 18.2 Å². The van der Waals surface area contributed by atoms with Gasteiger partial charge in [-0.25, -0.2) is 4.98 Å². The number of hydrogen-bond donors (Lipinski definition) is 0. The first-order valence-corrected chi connectivity index (χ1v) is 11.0. The van der Waals surface area contributed by atoms with Crippen LogP contribution in [-0.2, 0) is 13.0 Å². The largest absolute Gasteiger partial charge is 0.489 e. The van der Waals surface area contributed by atoms with Gasteiger partial charge in [-0.2, -0.15) is 0 Å². The topological polar surface area (TPSA) is 83.7 Å². The molecule has 0 bridgehead atoms. The molecular weight excluding hydrogens is 432 g/mol. The minimum Gasteiger partial charge on any atom is -0.489 e. The van der Waals surface area contributed by atoms with E-state index in [4.69, 9.17) is 14.2 Å². The molecule has 0 spiro atoms. The molecule has 7 nitrogen and oxygen atoms in total. The number of nitrogens with zero attached hydrogens (tertiary/aromatic N) is 2. The third kappa shape index (κ3) is 4.99. The molecule has 1 aliphatic heterocycles. The highest BCUT2D eigenvalue weighted by molar-refractivity contribution is 5.44. The lowest BCUT2D eigenvalue weighted by molar-refractivity contribution is -0.385. The molecular formula is C27H22N2O5. The SMILES string of the molecule is O=[N+]([O-])c1ccc(Oc2ccc3c(c2)CCC(c2cccc(OCc4ccccc4)c2)O3)nc1. The number of pyridine rings is 1. The minimum absolute atomic E-state index is 0.0594. The summed E-state index contributed by atoms with van der Waals surface area (Å²) in [6, 6.07) is 26.6. The molecule has 0 amide bonds. The summed E-state index contributed by atoms with van der Waals surface area (Å²) in [6.07, 6.45) is 2.78. The Morgan fingerprint density at radius 2 is 1.85 bits per heavy atom. The molecule has 7 heteroatoms. The van der Waals surface area contributed by atoms with Gasteiger partial charge in [0.05, 0.1) is 4.92 Å². The zero-order valence-corrected chi connectivity index (χ0v) is 18.3. The van der Waals surface area contributed by atoms with E-state index in [1.165, 1.54) is 18.3 Å². The molecule has 4 aromatic rings. The zero-order valence-electron chi connectivity index (χ0n) is 18.3. The van der Waals surface area contributed by atoms with E-state index < -0.39 is 4.92 Å². The maximum Gasteiger partial charge on any atom is 0.287 e. The van der Waals surface area contributed by atoms with Gasteiger partial charge in [-0.15, -0.1) is 0 Å². The molecule has 1 atom stereocenters. The van der Waals surface area contributed by atoms with Gasteiger partial charge in [-0.05, 0) is 59.9 Å². The Morgan fingerprint density at radius 3 is 2.65 bits per heavy atom. The second kappa shape index (κ2) is 9.62. The van der Waals surface area contributed by atoms with Crippen LogP contribution in [0.15, 0.2) is 91.1 Å². The van der Waals surface area contributed by atoms with Crippen LogP contribution in [0.25, 0.3) is 0 Å². The van der Waals surface area contributed by atoms with Crippen LogP contribution in [0.1, 0.15) is 29.2 Å². The fourth-order valence-electron chi connectivity index (χ4n) is 3.87. The number of benzene rings is 3. The van der Waals surface area contributed by atoms with E-state index in [2.05, 4.69) is 11.1 Å². The number of hydrogen-bond acceptors (Lipinski definition) is 6. The summed E-state index contributed by atoms with van der Waals surface area (Å²) in [6.45, 7) is 0.519. The Bertz CT molecular complexity index is 1290. The van der Waals surface area contributed by atoms with Gasteiger partial charge in [-0.1, -0.05) is 42.5 Å². The van der Waals surface area contributed by atoms with Gasteiger partial charge < -0.3 is 14.2 Å². The normalized spacial score (nSPS) is 14.5. The van der Waals surface area contributed by atoms with Crippen molar-refractivity contribution in [2.75, 3.05) is 0 Å². The van der Waals surface area contributed by atoms with Crippen LogP contribution >= 0.6 is 0 Å². The second-order valence-electron chi connectivity index (χ2n) is 7.98. The van der Waals surface area contributed by atoms with Crippen molar-refractivity contribution < 1.29 is 19.1 Å². The Hall–Kier alpha value is -4.39. The van der Waals surface area contributed by atoms with Gasteiger partial charge in [0.2, 0.25) is 5.88 Å². The van der Waals surface area contributed by atoms with E-state index in [1.54, 1.807) is 0 Å². The summed E-state index contributed by atoms with van der Waals surface area (Å²) in [4.78, 5) is 14.3. The van der Waals surface area contributed by atoms with E-state index in [0.717, 1.165) is 41.0 Å². The van der Waals surface area contributed by atoms with Crippen molar-refractivity contribution in [3.05, 3.63) is 118 Å². The standard InChI is InChI=1S/C27H22N2O5/c30-29(31)22-10-14-27(28-17-22)33-24-11-13-26-21(16-24)9-12-25(34-26)20-7-4-8-23(15-20)32-18-19-5-2-1-3-6-19/h1-8,10-11,13-17,25H,9,12,18H2. The lowest BCUT2D eigenvalue weighted by Crippen LogP contribution is -2.15. The van der Waals surface area contributed by atoms with Gasteiger partial charge in [0.15, 0.2) is 0 Å². The Balaban J connectivity index is 1.24. The third-order valence-electron chi connectivity index (χ3n) is 5.61. The van der Waals surface area contributed by atoms with E-state index in [-0.39, 0.29) is 11.8 Å². The Kier molecular flexibility index (Phi) is 6.07. The maximum atomic E-state index is 10.8. The van der Waals surface area contributed by atoms with Crippen LogP contribution in [-0.4, -0.2) is 9.91 Å². The van der Waals surface area contributed by atoms with Crippen molar-refractivity contribution in [1.29, 1.82) is 0 Å². The fraction of sp³-hybridized carbons (Fsp3) is 0.148. The summed E-state index contributed by atoms with van der Waals surface area (Å²) in [5, 5.41) is 10.8. The van der Waals surface area contributed by atoms with E-state index in [9.17, 15) is 10.1 Å². The minimum atomic E-state index is -0.492. The molecule has 3 aromatic carbocycles. The van der Waals surface area contributed by atoms with Crippen LogP contribution in [0.4, 0.5) is 5.69 Å². The number of fused-ring (bicyclic) bond motifs is 1. The number of aromatic nitrogens is 1. The van der Waals surface area contributed by atoms with Crippen molar-refractivity contribution in [3.63, 3.8) is 0 Å². The predicted molar refractivity (Wildman–Crippen MR) is 126 cm³/mol. The van der Waals surface area contributed by atoms with Crippen molar-refractivity contribution in [3.8, 4) is 23.1 Å². The highest BCUT2D eigenvalue weighted by Crippen LogP contribution is 2.38. The van der Waals surface area contributed by atoms with Crippen molar-refractivity contribution in [1.82, 2.24) is 4.98 Å². The van der Waals surface area contributed by atoms with Crippen molar-refractivity contribution in [2.45, 2.75) is 25.6 Å². The molecule has 1 unspecified atom stereocenters. The van der Waals surface area contributed by atoms with Crippen LogP contribution in [0.3, 0.4) is 0 Å².